The van der Waals surface area contributed by atoms with Gasteiger partial charge >= 0.3 is 5.97 Å². The molecule has 4 rings (SSSR count). The van der Waals surface area contributed by atoms with Crippen molar-refractivity contribution in [1.29, 1.82) is 0 Å². The molecule has 0 amide bonds. The summed E-state index contributed by atoms with van der Waals surface area (Å²) in [5.74, 6) is 4.65. The zero-order valence-corrected chi connectivity index (χ0v) is 21.7. The molecule has 0 aromatic rings. The maximum Gasteiger partial charge on any atom is 0.302 e. The smallest absolute Gasteiger partial charge is 0.302 e. The standard InChI is InChI=1S/C29H50O3/c1-18(2)8-7-9-19(3)23-10-11-24-27-25(13-15-29(23,24)6)28(5)14-12-22(31)16-21(28)17-26(27)32-20(4)30/h18-19,21-27,31H,7-17H2,1-6H3/t19?,21-,22+,23-,24?,25?,26-,27?,28+,29-/m1/s1. The summed E-state index contributed by atoms with van der Waals surface area (Å²) in [6.07, 6.45) is 13.2. The molecule has 3 heteroatoms. The number of carbonyl (C=O) groups excluding carboxylic acids is 1. The van der Waals surface area contributed by atoms with E-state index in [1.54, 1.807) is 6.92 Å². The second-order valence-electron chi connectivity index (χ2n) is 13.3. The van der Waals surface area contributed by atoms with Crippen molar-refractivity contribution in [1.82, 2.24) is 0 Å². The predicted octanol–water partition coefficient (Wildman–Crippen LogP) is 7.01. The van der Waals surface area contributed by atoms with Crippen LogP contribution in [0.1, 0.15) is 112 Å². The van der Waals surface area contributed by atoms with Gasteiger partial charge in [0.15, 0.2) is 0 Å². The summed E-state index contributed by atoms with van der Waals surface area (Å²) >= 11 is 0. The molecule has 0 aromatic heterocycles. The van der Waals surface area contributed by atoms with Crippen LogP contribution < -0.4 is 0 Å². The lowest BCUT2D eigenvalue weighted by Gasteiger charge is -2.62. The van der Waals surface area contributed by atoms with E-state index in [4.69, 9.17) is 4.74 Å². The van der Waals surface area contributed by atoms with Crippen molar-refractivity contribution in [2.75, 3.05) is 0 Å². The van der Waals surface area contributed by atoms with Gasteiger partial charge in [-0.1, -0.05) is 53.9 Å². The zero-order valence-electron chi connectivity index (χ0n) is 21.7. The predicted molar refractivity (Wildman–Crippen MR) is 130 cm³/mol. The van der Waals surface area contributed by atoms with Gasteiger partial charge in [-0.2, -0.15) is 0 Å². The van der Waals surface area contributed by atoms with Crippen LogP contribution in [0.2, 0.25) is 0 Å². The molecule has 0 aliphatic heterocycles. The van der Waals surface area contributed by atoms with E-state index < -0.39 is 0 Å². The molecular formula is C29H50O3. The van der Waals surface area contributed by atoms with Gasteiger partial charge in [-0.25, -0.2) is 0 Å². The Hall–Kier alpha value is -0.570. The van der Waals surface area contributed by atoms with Gasteiger partial charge in [-0.15, -0.1) is 0 Å². The Labute approximate surface area is 197 Å². The Morgan fingerprint density at radius 1 is 0.969 bits per heavy atom. The van der Waals surface area contributed by atoms with Gasteiger partial charge in [0, 0.05) is 12.8 Å². The van der Waals surface area contributed by atoms with Crippen LogP contribution in [0.3, 0.4) is 0 Å². The van der Waals surface area contributed by atoms with Crippen LogP contribution in [0, 0.1) is 52.3 Å². The van der Waals surface area contributed by atoms with Gasteiger partial charge in [0.25, 0.3) is 0 Å². The lowest BCUT2D eigenvalue weighted by molar-refractivity contribution is -0.194. The summed E-state index contributed by atoms with van der Waals surface area (Å²) in [6, 6.07) is 0. The van der Waals surface area contributed by atoms with E-state index in [2.05, 4.69) is 34.6 Å². The van der Waals surface area contributed by atoms with Crippen molar-refractivity contribution >= 4 is 5.97 Å². The largest absolute Gasteiger partial charge is 0.462 e. The second-order valence-corrected chi connectivity index (χ2v) is 13.3. The Morgan fingerprint density at radius 3 is 2.34 bits per heavy atom. The van der Waals surface area contributed by atoms with E-state index in [-0.39, 0.29) is 18.2 Å². The molecule has 4 aliphatic carbocycles. The quantitative estimate of drug-likeness (QED) is 0.446. The maximum absolute atomic E-state index is 12.1. The average molecular weight is 447 g/mol. The van der Waals surface area contributed by atoms with Crippen LogP contribution in [0.25, 0.3) is 0 Å². The molecule has 3 nitrogen and oxygen atoms in total. The maximum atomic E-state index is 12.1. The normalized spacial score (nSPS) is 46.8. The number of hydrogen-bond acceptors (Lipinski definition) is 3. The third kappa shape index (κ3) is 4.29. The number of fused-ring (bicyclic) bond motifs is 5. The van der Waals surface area contributed by atoms with E-state index >= 15 is 0 Å². The third-order valence-corrected chi connectivity index (χ3v) is 11.1. The second kappa shape index (κ2) is 9.23. The fourth-order valence-electron chi connectivity index (χ4n) is 9.54. The Balaban J connectivity index is 1.57. The molecule has 184 valence electrons. The van der Waals surface area contributed by atoms with Crippen molar-refractivity contribution in [2.24, 2.45) is 52.3 Å². The molecule has 1 N–H and O–H groups in total. The number of hydrogen-bond donors (Lipinski definition) is 1. The minimum absolute atomic E-state index is 0.0560. The zero-order chi connectivity index (χ0) is 23.3. The van der Waals surface area contributed by atoms with Gasteiger partial charge in [-0.3, -0.25) is 4.79 Å². The number of ether oxygens (including phenoxy) is 1. The van der Waals surface area contributed by atoms with Crippen molar-refractivity contribution in [3.63, 3.8) is 0 Å². The average Bonchev–Trinajstić information content (AvgIpc) is 3.05. The molecule has 4 aliphatic rings. The van der Waals surface area contributed by atoms with Crippen LogP contribution in [0.4, 0.5) is 0 Å². The molecule has 0 saturated heterocycles. The van der Waals surface area contributed by atoms with Crippen LogP contribution in [-0.4, -0.2) is 23.3 Å². The van der Waals surface area contributed by atoms with Crippen LogP contribution in [0.5, 0.6) is 0 Å². The summed E-state index contributed by atoms with van der Waals surface area (Å²) in [7, 11) is 0. The first kappa shape index (κ1) is 24.6. The monoisotopic (exact) mass is 446 g/mol. The van der Waals surface area contributed by atoms with Crippen molar-refractivity contribution < 1.29 is 14.6 Å². The van der Waals surface area contributed by atoms with Gasteiger partial charge in [0.2, 0.25) is 0 Å². The highest BCUT2D eigenvalue weighted by atomic mass is 16.5. The fourth-order valence-corrected chi connectivity index (χ4v) is 9.54. The topological polar surface area (TPSA) is 46.5 Å². The van der Waals surface area contributed by atoms with Crippen molar-refractivity contribution in [3.05, 3.63) is 0 Å². The molecule has 0 radical (unpaired) electrons. The summed E-state index contributed by atoms with van der Waals surface area (Å²) in [4.78, 5) is 12.1. The fraction of sp³-hybridized carbons (Fsp3) is 0.966. The van der Waals surface area contributed by atoms with E-state index in [1.165, 1.54) is 44.9 Å². The molecular weight excluding hydrogens is 396 g/mol. The van der Waals surface area contributed by atoms with Crippen LogP contribution >= 0.6 is 0 Å². The van der Waals surface area contributed by atoms with Crippen LogP contribution in [0.15, 0.2) is 0 Å². The van der Waals surface area contributed by atoms with Gasteiger partial charge in [0.05, 0.1) is 6.10 Å². The van der Waals surface area contributed by atoms with Crippen LogP contribution in [-0.2, 0) is 9.53 Å². The molecule has 0 bridgehead atoms. The molecule has 32 heavy (non-hydrogen) atoms. The molecule has 4 fully saturated rings. The Kier molecular flexibility index (Phi) is 7.08. The number of aliphatic hydroxyl groups is 1. The number of rotatable bonds is 6. The van der Waals surface area contributed by atoms with Crippen molar-refractivity contribution in [2.45, 2.75) is 124 Å². The molecule has 4 saturated carbocycles. The minimum atomic E-state index is -0.168. The lowest BCUT2D eigenvalue weighted by Crippen LogP contribution is -2.59. The number of carbonyl (C=O) groups is 1. The molecule has 0 aromatic carbocycles. The van der Waals surface area contributed by atoms with Gasteiger partial charge < -0.3 is 9.84 Å². The van der Waals surface area contributed by atoms with Gasteiger partial charge in [-0.05, 0) is 97.7 Å². The lowest BCUT2D eigenvalue weighted by atomic mass is 9.43. The highest BCUT2D eigenvalue weighted by molar-refractivity contribution is 5.66. The molecule has 0 heterocycles. The summed E-state index contributed by atoms with van der Waals surface area (Å²) in [5.41, 5.74) is 0.705. The van der Waals surface area contributed by atoms with E-state index in [0.717, 1.165) is 43.4 Å². The highest BCUT2D eigenvalue weighted by Gasteiger charge is 2.63. The first-order valence-corrected chi connectivity index (χ1v) is 13.9. The molecule has 4 unspecified atom stereocenters. The van der Waals surface area contributed by atoms with Crippen molar-refractivity contribution in [3.8, 4) is 0 Å². The molecule has 0 spiro atoms. The van der Waals surface area contributed by atoms with E-state index in [0.29, 0.717) is 34.5 Å². The first-order chi connectivity index (χ1) is 15.1. The Bertz CT molecular complexity index is 673. The summed E-state index contributed by atoms with van der Waals surface area (Å²) in [6.45, 7) is 13.9. The van der Waals surface area contributed by atoms with E-state index in [9.17, 15) is 9.90 Å². The first-order valence-electron chi connectivity index (χ1n) is 13.9. The van der Waals surface area contributed by atoms with E-state index in [1.807, 2.05) is 0 Å². The SMILES string of the molecule is CC(=O)O[C@@H]1C[C@H]2C[C@@H](O)CC[C@]2(C)C2CC[C@@]3(C)C(CC[C@@H]3C(C)CCCC(C)C)C21. The number of esters is 1. The van der Waals surface area contributed by atoms with Gasteiger partial charge in [0.1, 0.15) is 6.10 Å². The highest BCUT2D eigenvalue weighted by Crippen LogP contribution is 2.68. The number of aliphatic hydroxyl groups excluding tert-OH is 1. The summed E-state index contributed by atoms with van der Waals surface area (Å²) in [5, 5.41) is 10.4. The minimum Gasteiger partial charge on any atom is -0.462 e. The summed E-state index contributed by atoms with van der Waals surface area (Å²) < 4.78 is 6.11. The molecule has 10 atom stereocenters. The Morgan fingerprint density at radius 2 is 1.66 bits per heavy atom. The third-order valence-electron chi connectivity index (χ3n) is 11.1.